The van der Waals surface area contributed by atoms with Crippen LogP contribution in [0.5, 0.6) is 0 Å². The lowest BCUT2D eigenvalue weighted by molar-refractivity contribution is -0.117. The summed E-state index contributed by atoms with van der Waals surface area (Å²) in [5.74, 6) is 0.973. The Balaban J connectivity index is 1.43. The molecule has 0 aliphatic carbocycles. The largest absolute Gasteiger partial charge is 0.336 e. The predicted molar refractivity (Wildman–Crippen MR) is 81.8 cm³/mol. The molecule has 0 atom stereocenters. The molecule has 2 fully saturated rings. The molecule has 2 aromatic heterocycles. The van der Waals surface area contributed by atoms with Crippen LogP contribution in [0.4, 0.5) is 11.6 Å². The quantitative estimate of drug-likeness (QED) is 0.851. The Kier molecular flexibility index (Phi) is 3.06. The summed E-state index contributed by atoms with van der Waals surface area (Å²) in [5, 5.41) is 4.42. The first-order valence-electron chi connectivity index (χ1n) is 7.60. The Morgan fingerprint density at radius 1 is 1.32 bits per heavy atom. The first-order valence-corrected chi connectivity index (χ1v) is 7.60. The molecule has 4 rings (SSSR count). The van der Waals surface area contributed by atoms with Gasteiger partial charge in [0.25, 0.3) is 0 Å². The molecule has 2 aliphatic rings. The van der Waals surface area contributed by atoms with Gasteiger partial charge in [-0.25, -0.2) is 9.97 Å². The summed E-state index contributed by atoms with van der Waals surface area (Å²) < 4.78 is 1.95. The Bertz CT molecular complexity index is 706. The van der Waals surface area contributed by atoms with Crippen molar-refractivity contribution in [3.63, 3.8) is 0 Å². The third kappa shape index (κ3) is 2.22. The SMILES string of the molecule is Cc1ccnc(N2CC(n3cc(N4CCCC4=O)cn3)C2)n1. The Labute approximate surface area is 128 Å². The molecule has 0 unspecified atom stereocenters. The molecule has 0 aromatic carbocycles. The highest BCUT2D eigenvalue weighted by Gasteiger charge is 2.31. The average molecular weight is 298 g/mol. The maximum atomic E-state index is 11.8. The molecular weight excluding hydrogens is 280 g/mol. The zero-order chi connectivity index (χ0) is 15.1. The number of hydrogen-bond acceptors (Lipinski definition) is 5. The van der Waals surface area contributed by atoms with Gasteiger partial charge in [0.05, 0.1) is 17.9 Å². The molecule has 0 spiro atoms. The van der Waals surface area contributed by atoms with Crippen LogP contribution in [-0.2, 0) is 4.79 Å². The van der Waals surface area contributed by atoms with Crippen molar-refractivity contribution in [3.8, 4) is 0 Å². The summed E-state index contributed by atoms with van der Waals surface area (Å²) in [6.45, 7) is 4.46. The van der Waals surface area contributed by atoms with Crippen LogP contribution >= 0.6 is 0 Å². The number of nitrogens with zero attached hydrogens (tertiary/aromatic N) is 6. The Morgan fingerprint density at radius 2 is 2.18 bits per heavy atom. The van der Waals surface area contributed by atoms with Crippen LogP contribution in [0.2, 0.25) is 0 Å². The molecule has 1 amide bonds. The fraction of sp³-hybridized carbons (Fsp3) is 0.467. The van der Waals surface area contributed by atoms with E-state index in [4.69, 9.17) is 0 Å². The molecule has 2 aromatic rings. The van der Waals surface area contributed by atoms with E-state index in [2.05, 4.69) is 20.0 Å². The zero-order valence-electron chi connectivity index (χ0n) is 12.5. The fourth-order valence-corrected chi connectivity index (χ4v) is 2.96. The van der Waals surface area contributed by atoms with Crippen molar-refractivity contribution in [2.75, 3.05) is 29.4 Å². The van der Waals surface area contributed by atoms with Gasteiger partial charge in [0.2, 0.25) is 11.9 Å². The molecule has 7 nitrogen and oxygen atoms in total. The molecule has 0 radical (unpaired) electrons. The molecule has 7 heteroatoms. The summed E-state index contributed by atoms with van der Waals surface area (Å²) >= 11 is 0. The molecular formula is C15H18N6O. The monoisotopic (exact) mass is 298 g/mol. The van der Waals surface area contributed by atoms with Gasteiger partial charge in [-0.15, -0.1) is 0 Å². The highest BCUT2D eigenvalue weighted by molar-refractivity contribution is 5.95. The van der Waals surface area contributed by atoms with Crippen LogP contribution in [0.25, 0.3) is 0 Å². The second kappa shape index (κ2) is 5.08. The Hall–Kier alpha value is -2.44. The normalized spacial score (nSPS) is 18.9. The number of amides is 1. The molecule has 4 heterocycles. The molecule has 22 heavy (non-hydrogen) atoms. The van der Waals surface area contributed by atoms with Gasteiger partial charge in [0.15, 0.2) is 0 Å². The second-order valence-corrected chi connectivity index (χ2v) is 5.88. The van der Waals surface area contributed by atoms with Crippen molar-refractivity contribution >= 4 is 17.5 Å². The van der Waals surface area contributed by atoms with E-state index in [0.29, 0.717) is 12.5 Å². The van der Waals surface area contributed by atoms with E-state index in [1.165, 1.54) is 0 Å². The summed E-state index contributed by atoms with van der Waals surface area (Å²) in [4.78, 5) is 24.5. The standard InChI is InChI=1S/C15H18N6O/c1-11-4-5-16-15(18-11)19-8-13(9-19)21-10-12(7-17-21)20-6-2-3-14(20)22/h4-5,7,10,13H,2-3,6,8-9H2,1H3. The highest BCUT2D eigenvalue weighted by atomic mass is 16.2. The third-order valence-corrected chi connectivity index (χ3v) is 4.27. The average Bonchev–Trinajstić information content (AvgIpc) is 3.06. The third-order valence-electron chi connectivity index (χ3n) is 4.27. The topological polar surface area (TPSA) is 67.2 Å². The summed E-state index contributed by atoms with van der Waals surface area (Å²) in [6.07, 6.45) is 7.13. The van der Waals surface area contributed by atoms with Gasteiger partial charge in [-0.1, -0.05) is 0 Å². The molecule has 0 bridgehead atoms. The number of aryl methyl sites for hydroxylation is 1. The maximum absolute atomic E-state index is 11.8. The lowest BCUT2D eigenvalue weighted by Crippen LogP contribution is -2.48. The number of aromatic nitrogens is 4. The molecule has 2 aliphatic heterocycles. The van der Waals surface area contributed by atoms with Crippen molar-refractivity contribution in [3.05, 3.63) is 30.4 Å². The predicted octanol–water partition coefficient (Wildman–Crippen LogP) is 1.17. The van der Waals surface area contributed by atoms with E-state index in [0.717, 1.165) is 43.4 Å². The molecule has 0 saturated carbocycles. The minimum absolute atomic E-state index is 0.197. The minimum Gasteiger partial charge on any atom is -0.336 e. The molecule has 0 N–H and O–H groups in total. The van der Waals surface area contributed by atoms with Gasteiger partial charge in [0, 0.05) is 44.1 Å². The van der Waals surface area contributed by atoms with Crippen LogP contribution in [0.15, 0.2) is 24.7 Å². The van der Waals surface area contributed by atoms with Crippen molar-refractivity contribution < 1.29 is 4.79 Å². The first kappa shape index (κ1) is 13.2. The van der Waals surface area contributed by atoms with Crippen LogP contribution in [-0.4, -0.2) is 45.3 Å². The van der Waals surface area contributed by atoms with Crippen molar-refractivity contribution in [1.82, 2.24) is 19.7 Å². The number of hydrogen-bond donors (Lipinski definition) is 0. The van der Waals surface area contributed by atoms with Gasteiger partial charge in [-0.05, 0) is 19.4 Å². The van der Waals surface area contributed by atoms with Gasteiger partial charge in [-0.2, -0.15) is 5.10 Å². The summed E-state index contributed by atoms with van der Waals surface area (Å²) in [7, 11) is 0. The first-order chi connectivity index (χ1) is 10.7. The zero-order valence-corrected chi connectivity index (χ0v) is 12.5. The van der Waals surface area contributed by atoms with Gasteiger partial charge < -0.3 is 9.80 Å². The van der Waals surface area contributed by atoms with Gasteiger partial charge >= 0.3 is 0 Å². The van der Waals surface area contributed by atoms with Crippen molar-refractivity contribution in [2.24, 2.45) is 0 Å². The van der Waals surface area contributed by atoms with Crippen LogP contribution in [0, 0.1) is 6.92 Å². The van der Waals surface area contributed by atoms with Gasteiger partial charge in [-0.3, -0.25) is 9.48 Å². The number of carbonyl (C=O) groups excluding carboxylic acids is 1. The number of anilines is 2. The van der Waals surface area contributed by atoms with E-state index in [1.54, 1.807) is 12.4 Å². The van der Waals surface area contributed by atoms with E-state index >= 15 is 0 Å². The maximum Gasteiger partial charge on any atom is 0.227 e. The summed E-state index contributed by atoms with van der Waals surface area (Å²) in [5.41, 5.74) is 1.88. The fourth-order valence-electron chi connectivity index (χ4n) is 2.96. The van der Waals surface area contributed by atoms with Crippen molar-refractivity contribution in [2.45, 2.75) is 25.8 Å². The van der Waals surface area contributed by atoms with E-state index in [-0.39, 0.29) is 5.91 Å². The molecule has 114 valence electrons. The summed E-state index contributed by atoms with van der Waals surface area (Å²) in [6, 6.07) is 2.21. The number of carbonyl (C=O) groups is 1. The van der Waals surface area contributed by atoms with Crippen LogP contribution < -0.4 is 9.80 Å². The molecule has 2 saturated heterocycles. The van der Waals surface area contributed by atoms with Gasteiger partial charge in [0.1, 0.15) is 0 Å². The minimum atomic E-state index is 0.197. The van der Waals surface area contributed by atoms with Crippen LogP contribution in [0.3, 0.4) is 0 Å². The number of rotatable bonds is 3. The lowest BCUT2D eigenvalue weighted by atomic mass is 10.1. The smallest absolute Gasteiger partial charge is 0.227 e. The van der Waals surface area contributed by atoms with Crippen molar-refractivity contribution in [1.29, 1.82) is 0 Å². The van der Waals surface area contributed by atoms with E-state index in [9.17, 15) is 4.79 Å². The highest BCUT2D eigenvalue weighted by Crippen LogP contribution is 2.27. The van der Waals surface area contributed by atoms with E-state index < -0.39 is 0 Å². The van der Waals surface area contributed by atoms with E-state index in [1.807, 2.05) is 28.8 Å². The Morgan fingerprint density at radius 3 is 2.91 bits per heavy atom. The van der Waals surface area contributed by atoms with Crippen LogP contribution in [0.1, 0.15) is 24.6 Å². The second-order valence-electron chi connectivity index (χ2n) is 5.88. The lowest BCUT2D eigenvalue weighted by Gasteiger charge is -2.39.